The average molecular weight is 939 g/mol. The highest BCUT2D eigenvalue weighted by Gasteiger charge is 2.71. The summed E-state index contributed by atoms with van der Waals surface area (Å²) in [7, 11) is 3.87. The Morgan fingerprint density at radius 3 is 2.18 bits per heavy atom. The summed E-state index contributed by atoms with van der Waals surface area (Å²) >= 11 is 12.7. The molecule has 0 spiro atoms. The fourth-order valence-corrected chi connectivity index (χ4v) is 10.4. The minimum atomic E-state index is -4.78. The number of aromatic nitrogens is 1. The number of nitrogens with one attached hydrogen (secondary N) is 1. The number of nitrogens with zero attached hydrogens (tertiary/aromatic N) is 6. The Kier molecular flexibility index (Phi) is 11.4. The summed E-state index contributed by atoms with van der Waals surface area (Å²) in [5.74, 6) is -8.26. The second-order valence-corrected chi connectivity index (χ2v) is 17.5. The number of amides is 4. The van der Waals surface area contributed by atoms with Gasteiger partial charge in [-0.15, -0.1) is 0 Å². The molecule has 2 N–H and O–H groups in total. The molecule has 4 aliphatic rings. The van der Waals surface area contributed by atoms with E-state index < -0.39 is 81.2 Å². The lowest BCUT2D eigenvalue weighted by Gasteiger charge is -2.50. The maximum Gasteiger partial charge on any atom is 0.417 e. The fraction of sp³-hybridized carbons (Fsp3) is 0.271. The van der Waals surface area contributed by atoms with E-state index in [-0.39, 0.29) is 36.5 Å². The van der Waals surface area contributed by atoms with Gasteiger partial charge in [0, 0.05) is 42.5 Å². The van der Waals surface area contributed by atoms with Crippen LogP contribution in [0.2, 0.25) is 10.0 Å². The van der Waals surface area contributed by atoms with Gasteiger partial charge in [0.1, 0.15) is 0 Å². The topological polar surface area (TPSA) is 157 Å². The van der Waals surface area contributed by atoms with Gasteiger partial charge in [-0.3, -0.25) is 29.5 Å². The van der Waals surface area contributed by atoms with Crippen molar-refractivity contribution in [3.63, 3.8) is 0 Å². The molecule has 66 heavy (non-hydrogen) atoms. The Bertz CT molecular complexity index is 2840. The van der Waals surface area contributed by atoms with E-state index >= 15 is 9.59 Å². The number of imide groups is 2. The maximum absolute atomic E-state index is 15.5. The first-order valence-electron chi connectivity index (χ1n) is 21.0. The number of pyridine rings is 1. The number of aromatic hydroxyl groups is 1. The van der Waals surface area contributed by atoms with E-state index in [0.29, 0.717) is 50.5 Å². The van der Waals surface area contributed by atoms with E-state index in [1.165, 1.54) is 0 Å². The van der Waals surface area contributed by atoms with Crippen molar-refractivity contribution in [2.45, 2.75) is 37.3 Å². The van der Waals surface area contributed by atoms with Gasteiger partial charge >= 0.3 is 6.18 Å². The van der Waals surface area contributed by atoms with Gasteiger partial charge in [0.2, 0.25) is 11.8 Å². The molecule has 6 atom stereocenters. The van der Waals surface area contributed by atoms with Gasteiger partial charge in [0.15, 0.2) is 17.3 Å². The van der Waals surface area contributed by atoms with E-state index in [1.807, 2.05) is 49.3 Å². The largest absolute Gasteiger partial charge is 0.504 e. The summed E-state index contributed by atoms with van der Waals surface area (Å²) in [6.45, 7) is 1.91. The fourth-order valence-electron chi connectivity index (χ4n) is 10.0. The van der Waals surface area contributed by atoms with Crippen LogP contribution in [0, 0.1) is 23.7 Å². The quantitative estimate of drug-likeness (QED) is 0.0790. The van der Waals surface area contributed by atoms with Gasteiger partial charge in [-0.25, -0.2) is 4.98 Å². The number of hydrogen-bond donors (Lipinski definition) is 2. The molecule has 2 aliphatic heterocycles. The van der Waals surface area contributed by atoms with Crippen molar-refractivity contribution < 1.29 is 42.2 Å². The monoisotopic (exact) mass is 937 g/mol. The summed E-state index contributed by atoms with van der Waals surface area (Å²) in [5.41, 5.74) is 3.10. The molecule has 338 valence electrons. The molecule has 0 bridgehead atoms. The van der Waals surface area contributed by atoms with Gasteiger partial charge in [0.05, 0.1) is 57.4 Å². The molecule has 0 radical (unpaired) electrons. The van der Waals surface area contributed by atoms with E-state index in [0.717, 1.165) is 10.6 Å². The molecule has 3 fully saturated rings. The van der Waals surface area contributed by atoms with Crippen molar-refractivity contribution in [3.05, 3.63) is 142 Å². The number of ether oxygens (including phenoxy) is 1. The minimum absolute atomic E-state index is 0.0927. The van der Waals surface area contributed by atoms with E-state index in [1.54, 1.807) is 73.7 Å². The second kappa shape index (κ2) is 16.9. The van der Waals surface area contributed by atoms with Crippen LogP contribution in [-0.2, 0) is 30.8 Å². The third kappa shape index (κ3) is 7.32. The van der Waals surface area contributed by atoms with Crippen molar-refractivity contribution in [1.29, 1.82) is 0 Å². The standard InChI is InChI=1S/C48H40Cl2F3N7O6/c1-4-66-38-7-5-6-34(41(38)61)40-32-20-21-33-39(45(64)59(43(33)62)31-18-14-29(15-19-31)56-55-28-12-16-30(17-13-28)58(2)3)35(32)23-36-44(63)60(46(65)47(36,40)25-8-10-27(49)11-9-25)57-42-37(50)22-26(24-54-42)48(51,52)53/h5-20,22,24,33,35-36,39-40,61H,4,21,23H2,1-3H3,(H,54,57)/t33-,35+,36-,39-,40+,47+/m0/s1. The van der Waals surface area contributed by atoms with E-state index in [9.17, 15) is 27.9 Å². The van der Waals surface area contributed by atoms with Gasteiger partial charge in [-0.2, -0.15) is 28.4 Å². The zero-order valence-electron chi connectivity index (χ0n) is 35.5. The molecule has 5 aromatic rings. The zero-order chi connectivity index (χ0) is 46.8. The number of carbonyl (C=O) groups excluding carboxylic acids is 4. The van der Waals surface area contributed by atoms with Gasteiger partial charge in [-0.1, -0.05) is 59.1 Å². The van der Waals surface area contributed by atoms with Crippen LogP contribution in [-0.4, -0.2) is 59.4 Å². The van der Waals surface area contributed by atoms with E-state index in [4.69, 9.17) is 27.9 Å². The number of benzene rings is 4. The van der Waals surface area contributed by atoms with Crippen LogP contribution in [0.4, 0.5) is 41.7 Å². The number of allylic oxidation sites excluding steroid dienone is 2. The lowest BCUT2D eigenvalue weighted by molar-refractivity contribution is -0.139. The van der Waals surface area contributed by atoms with Crippen LogP contribution in [0.15, 0.2) is 125 Å². The molecule has 2 saturated heterocycles. The smallest absolute Gasteiger partial charge is 0.417 e. The Morgan fingerprint density at radius 1 is 0.894 bits per heavy atom. The van der Waals surface area contributed by atoms with Crippen molar-refractivity contribution in [1.82, 2.24) is 9.99 Å². The molecule has 1 aromatic heterocycles. The number of para-hydroxylation sites is 1. The summed E-state index contributed by atoms with van der Waals surface area (Å²) in [4.78, 5) is 66.8. The van der Waals surface area contributed by atoms with Crippen molar-refractivity contribution in [2.24, 2.45) is 33.9 Å². The molecule has 0 unspecified atom stereocenters. The van der Waals surface area contributed by atoms with Crippen LogP contribution in [0.1, 0.15) is 42.4 Å². The lowest BCUT2D eigenvalue weighted by atomic mass is 9.49. The third-order valence-corrected chi connectivity index (χ3v) is 13.5. The Morgan fingerprint density at radius 2 is 1.56 bits per heavy atom. The highest BCUT2D eigenvalue weighted by atomic mass is 35.5. The number of azo groups is 1. The third-order valence-electron chi connectivity index (χ3n) is 13.0. The van der Waals surface area contributed by atoms with Crippen LogP contribution >= 0.6 is 23.2 Å². The number of alkyl halides is 3. The molecule has 3 heterocycles. The molecule has 1 saturated carbocycles. The van der Waals surface area contributed by atoms with Crippen molar-refractivity contribution in [3.8, 4) is 11.5 Å². The highest BCUT2D eigenvalue weighted by molar-refractivity contribution is 6.33. The Hall–Kier alpha value is -6.78. The average Bonchev–Trinajstić information content (AvgIpc) is 3.67. The first kappa shape index (κ1) is 44.4. The van der Waals surface area contributed by atoms with Crippen LogP contribution in [0.25, 0.3) is 0 Å². The predicted molar refractivity (Wildman–Crippen MR) is 240 cm³/mol. The number of phenolic OH excluding ortho intramolecular Hbond substituents is 1. The van der Waals surface area contributed by atoms with Crippen LogP contribution in [0.5, 0.6) is 11.5 Å². The molecule has 18 heteroatoms. The predicted octanol–water partition coefficient (Wildman–Crippen LogP) is 10.2. The first-order chi connectivity index (χ1) is 31.5. The van der Waals surface area contributed by atoms with Crippen LogP contribution in [0.3, 0.4) is 0 Å². The molecule has 4 aromatic carbocycles. The highest BCUT2D eigenvalue weighted by Crippen LogP contribution is 2.65. The summed E-state index contributed by atoms with van der Waals surface area (Å²) < 4.78 is 46.6. The second-order valence-electron chi connectivity index (χ2n) is 16.7. The van der Waals surface area contributed by atoms with Crippen molar-refractivity contribution in [2.75, 3.05) is 35.9 Å². The summed E-state index contributed by atoms with van der Waals surface area (Å²) in [6, 6.07) is 25.8. The molecular formula is C48H40Cl2F3N7O6. The molecular weight excluding hydrogens is 898 g/mol. The number of fused-ring (bicyclic) bond motifs is 4. The number of phenols is 1. The Balaban J connectivity index is 1.13. The molecule has 2 aliphatic carbocycles. The lowest BCUT2D eigenvalue weighted by Crippen LogP contribution is -2.53. The zero-order valence-corrected chi connectivity index (χ0v) is 37.0. The van der Waals surface area contributed by atoms with Gasteiger partial charge in [-0.05, 0) is 104 Å². The normalized spacial score (nSPS) is 23.8. The SMILES string of the molecule is CCOc1cccc([C@H]2C3=CC[C@@H]4C(=O)N(c5ccc(N=Nc6ccc(N(C)C)cc6)cc5)C(=O)[C@@H]4[C@@H]3C[C@H]3C(=O)N(Nc4ncc(C(F)(F)F)cc4Cl)C(=O)[C@@]23c2ccc(Cl)cc2)c1O. The number of halogens is 5. The number of hydrazine groups is 1. The first-order valence-corrected chi connectivity index (χ1v) is 21.8. The van der Waals surface area contributed by atoms with Crippen LogP contribution < -0.4 is 20.0 Å². The van der Waals surface area contributed by atoms with Gasteiger partial charge in [0.25, 0.3) is 11.8 Å². The maximum atomic E-state index is 15.5. The molecule has 13 nitrogen and oxygen atoms in total. The van der Waals surface area contributed by atoms with Gasteiger partial charge < -0.3 is 14.7 Å². The number of carbonyl (C=O) groups is 4. The molecule has 4 amide bonds. The number of rotatable bonds is 10. The van der Waals surface area contributed by atoms with E-state index in [2.05, 4.69) is 20.6 Å². The number of hydrogen-bond acceptors (Lipinski definition) is 11. The summed E-state index contributed by atoms with van der Waals surface area (Å²) in [5, 5.41) is 21.2. The Labute approximate surface area is 386 Å². The minimum Gasteiger partial charge on any atom is -0.504 e. The molecule has 9 rings (SSSR count). The van der Waals surface area contributed by atoms with Crippen molar-refractivity contribution >= 4 is 75.4 Å². The number of anilines is 3. The summed E-state index contributed by atoms with van der Waals surface area (Å²) in [6.07, 6.45) is -2.45.